The van der Waals surface area contributed by atoms with Crippen LogP contribution in [0.5, 0.6) is 0 Å². The van der Waals surface area contributed by atoms with E-state index in [1.165, 1.54) is 24.0 Å². The highest BCUT2D eigenvalue weighted by molar-refractivity contribution is 5.47. The van der Waals surface area contributed by atoms with E-state index >= 15 is 0 Å². The lowest BCUT2D eigenvalue weighted by atomic mass is 9.99. The number of anilines is 1. The van der Waals surface area contributed by atoms with Gasteiger partial charge in [-0.05, 0) is 61.4 Å². The summed E-state index contributed by atoms with van der Waals surface area (Å²) in [5.41, 5.74) is 9.50. The number of aliphatic hydroxyl groups is 1. The molecule has 0 heterocycles. The third-order valence-corrected chi connectivity index (χ3v) is 4.13. The zero-order valence-electron chi connectivity index (χ0n) is 11.9. The summed E-state index contributed by atoms with van der Waals surface area (Å²) in [5.74, 6) is 0.591. The van der Waals surface area contributed by atoms with E-state index in [1.807, 2.05) is 6.07 Å². The van der Waals surface area contributed by atoms with Crippen LogP contribution < -0.4 is 11.1 Å². The molecule has 1 aromatic rings. The first-order chi connectivity index (χ1) is 9.24. The Hall–Kier alpha value is -1.06. The topological polar surface area (TPSA) is 58.3 Å². The molecular formula is C16H26N2O. The van der Waals surface area contributed by atoms with E-state index in [4.69, 9.17) is 10.8 Å². The Bertz CT molecular complexity index is 400. The van der Waals surface area contributed by atoms with E-state index in [0.717, 1.165) is 31.5 Å². The molecule has 0 radical (unpaired) electrons. The van der Waals surface area contributed by atoms with Crippen LogP contribution in [0.3, 0.4) is 0 Å². The minimum Gasteiger partial charge on any atom is -0.399 e. The van der Waals surface area contributed by atoms with Crippen LogP contribution in [0.25, 0.3) is 0 Å². The minimum absolute atomic E-state index is 0.296. The van der Waals surface area contributed by atoms with Crippen molar-refractivity contribution < 1.29 is 5.11 Å². The van der Waals surface area contributed by atoms with E-state index in [9.17, 15) is 0 Å². The maximum Gasteiger partial charge on any atom is 0.0434 e. The summed E-state index contributed by atoms with van der Waals surface area (Å²) in [5, 5.41) is 12.8. The Morgan fingerprint density at radius 3 is 3.00 bits per heavy atom. The van der Waals surface area contributed by atoms with E-state index in [1.54, 1.807) is 0 Å². The van der Waals surface area contributed by atoms with Crippen LogP contribution in [0.1, 0.15) is 49.8 Å². The van der Waals surface area contributed by atoms with Crippen molar-refractivity contribution in [1.82, 2.24) is 5.32 Å². The summed E-state index contributed by atoms with van der Waals surface area (Å²) >= 11 is 0. The number of aliphatic hydroxyl groups excluding tert-OH is 1. The van der Waals surface area contributed by atoms with Crippen molar-refractivity contribution in [2.24, 2.45) is 5.92 Å². The lowest BCUT2D eigenvalue weighted by Crippen LogP contribution is -2.26. The lowest BCUT2D eigenvalue weighted by molar-refractivity contribution is 0.245. The molecule has 2 atom stereocenters. The van der Waals surface area contributed by atoms with Crippen molar-refractivity contribution in [3.63, 3.8) is 0 Å². The molecule has 1 aromatic carbocycles. The van der Waals surface area contributed by atoms with Crippen LogP contribution in [0, 0.1) is 5.92 Å². The molecule has 19 heavy (non-hydrogen) atoms. The van der Waals surface area contributed by atoms with E-state index in [0.29, 0.717) is 18.6 Å². The number of rotatable bonds is 7. The molecule has 0 aliphatic heterocycles. The van der Waals surface area contributed by atoms with Crippen molar-refractivity contribution in [2.45, 2.75) is 45.1 Å². The van der Waals surface area contributed by atoms with Gasteiger partial charge in [0.05, 0.1) is 0 Å². The van der Waals surface area contributed by atoms with Crippen molar-refractivity contribution in [3.8, 4) is 0 Å². The van der Waals surface area contributed by atoms with Gasteiger partial charge < -0.3 is 16.2 Å². The van der Waals surface area contributed by atoms with Crippen LogP contribution in [0.2, 0.25) is 0 Å². The fraction of sp³-hybridized carbons (Fsp3) is 0.625. The highest BCUT2D eigenvalue weighted by atomic mass is 16.3. The maximum absolute atomic E-state index is 9.10. The van der Waals surface area contributed by atoms with Crippen molar-refractivity contribution in [2.75, 3.05) is 18.9 Å². The molecule has 0 amide bonds. The van der Waals surface area contributed by atoms with Gasteiger partial charge >= 0.3 is 0 Å². The van der Waals surface area contributed by atoms with Crippen LogP contribution in [-0.2, 0) is 6.42 Å². The summed E-state index contributed by atoms with van der Waals surface area (Å²) in [6, 6.07) is 6.73. The normalized spacial score (nSPS) is 19.4. The van der Waals surface area contributed by atoms with Gasteiger partial charge in [-0.1, -0.05) is 19.4 Å². The number of nitrogen functional groups attached to an aromatic ring is 1. The summed E-state index contributed by atoms with van der Waals surface area (Å²) < 4.78 is 0. The van der Waals surface area contributed by atoms with E-state index in [2.05, 4.69) is 24.4 Å². The summed E-state index contributed by atoms with van der Waals surface area (Å²) in [6.07, 6.45) is 5.56. The van der Waals surface area contributed by atoms with Gasteiger partial charge in [0.1, 0.15) is 0 Å². The molecule has 0 bridgehead atoms. The molecule has 2 rings (SSSR count). The number of aryl methyl sites for hydroxylation is 1. The summed E-state index contributed by atoms with van der Waals surface area (Å²) in [4.78, 5) is 0. The Labute approximate surface area is 116 Å². The second-order valence-electron chi connectivity index (χ2n) is 5.62. The molecular weight excluding hydrogens is 236 g/mol. The van der Waals surface area contributed by atoms with Gasteiger partial charge in [0.15, 0.2) is 0 Å². The fourth-order valence-electron chi connectivity index (χ4n) is 3.10. The Kier molecular flexibility index (Phi) is 5.23. The average Bonchev–Trinajstić information content (AvgIpc) is 2.78. The number of benzene rings is 1. The highest BCUT2D eigenvalue weighted by Crippen LogP contribution is 2.32. The maximum atomic E-state index is 9.10. The Morgan fingerprint density at radius 2 is 2.26 bits per heavy atom. The van der Waals surface area contributed by atoms with E-state index in [-0.39, 0.29) is 0 Å². The first-order valence-corrected chi connectivity index (χ1v) is 7.47. The zero-order valence-corrected chi connectivity index (χ0v) is 11.9. The third kappa shape index (κ3) is 3.71. The molecule has 1 aliphatic carbocycles. The molecule has 2 unspecified atom stereocenters. The lowest BCUT2D eigenvalue weighted by Gasteiger charge is -2.20. The first kappa shape index (κ1) is 14.4. The molecule has 0 saturated carbocycles. The third-order valence-electron chi connectivity index (χ3n) is 4.13. The summed E-state index contributed by atoms with van der Waals surface area (Å²) in [6.45, 7) is 3.50. The molecule has 0 aromatic heterocycles. The fourth-order valence-corrected chi connectivity index (χ4v) is 3.10. The number of hydrogen-bond donors (Lipinski definition) is 3. The van der Waals surface area contributed by atoms with Crippen LogP contribution >= 0.6 is 0 Å². The Balaban J connectivity index is 1.91. The number of hydrogen-bond acceptors (Lipinski definition) is 3. The second-order valence-corrected chi connectivity index (χ2v) is 5.62. The van der Waals surface area contributed by atoms with Crippen molar-refractivity contribution >= 4 is 5.69 Å². The van der Waals surface area contributed by atoms with Crippen LogP contribution in [0.4, 0.5) is 5.69 Å². The van der Waals surface area contributed by atoms with Gasteiger partial charge in [0.25, 0.3) is 0 Å². The van der Waals surface area contributed by atoms with Gasteiger partial charge in [-0.2, -0.15) is 0 Å². The average molecular weight is 262 g/mol. The van der Waals surface area contributed by atoms with Gasteiger partial charge in [-0.15, -0.1) is 0 Å². The van der Waals surface area contributed by atoms with Gasteiger partial charge in [0, 0.05) is 18.3 Å². The number of nitrogens with two attached hydrogens (primary N) is 1. The molecule has 1 aliphatic rings. The smallest absolute Gasteiger partial charge is 0.0434 e. The SMILES string of the molecule is CCCC(CCO)CNC1CCc2cc(N)ccc21. The molecule has 0 saturated heterocycles. The monoisotopic (exact) mass is 262 g/mol. The highest BCUT2D eigenvalue weighted by Gasteiger charge is 2.22. The number of fused-ring (bicyclic) bond motifs is 1. The predicted molar refractivity (Wildman–Crippen MR) is 80.0 cm³/mol. The molecule has 0 fully saturated rings. The van der Waals surface area contributed by atoms with E-state index < -0.39 is 0 Å². The zero-order chi connectivity index (χ0) is 13.7. The second kappa shape index (κ2) is 6.92. The van der Waals surface area contributed by atoms with Crippen LogP contribution in [-0.4, -0.2) is 18.3 Å². The molecule has 3 heteroatoms. The van der Waals surface area contributed by atoms with Crippen LogP contribution in [0.15, 0.2) is 18.2 Å². The van der Waals surface area contributed by atoms with Gasteiger partial charge in [-0.3, -0.25) is 0 Å². The predicted octanol–water partition coefficient (Wildman–Crippen LogP) is 2.64. The van der Waals surface area contributed by atoms with Crippen molar-refractivity contribution in [3.05, 3.63) is 29.3 Å². The molecule has 0 spiro atoms. The van der Waals surface area contributed by atoms with Crippen molar-refractivity contribution in [1.29, 1.82) is 0 Å². The quantitative estimate of drug-likeness (QED) is 0.662. The first-order valence-electron chi connectivity index (χ1n) is 7.47. The largest absolute Gasteiger partial charge is 0.399 e. The molecule has 3 nitrogen and oxygen atoms in total. The van der Waals surface area contributed by atoms with Gasteiger partial charge in [-0.25, -0.2) is 0 Å². The minimum atomic E-state index is 0.296. The van der Waals surface area contributed by atoms with Gasteiger partial charge in [0.2, 0.25) is 0 Å². The number of nitrogens with one attached hydrogen (secondary N) is 1. The molecule has 106 valence electrons. The Morgan fingerprint density at radius 1 is 1.42 bits per heavy atom. The standard InChI is InChI=1S/C16H26N2O/c1-2-3-12(8-9-19)11-18-16-7-4-13-10-14(17)5-6-15(13)16/h5-6,10,12,16,18-19H,2-4,7-9,11,17H2,1H3. The summed E-state index contributed by atoms with van der Waals surface area (Å²) in [7, 11) is 0. The molecule has 4 N–H and O–H groups in total.